The van der Waals surface area contributed by atoms with Crippen LogP contribution in [0.4, 0.5) is 0 Å². The summed E-state index contributed by atoms with van der Waals surface area (Å²) < 4.78 is 0. The number of hydrogen-bond donors (Lipinski definition) is 1. The Kier molecular flexibility index (Phi) is 6.93. The topological polar surface area (TPSA) is 12.0 Å². The van der Waals surface area contributed by atoms with E-state index in [2.05, 4.69) is 24.0 Å². The highest BCUT2D eigenvalue weighted by Gasteiger charge is 2.26. The lowest BCUT2D eigenvalue weighted by molar-refractivity contribution is 0.290. The van der Waals surface area contributed by atoms with Crippen LogP contribution in [0.3, 0.4) is 0 Å². The van der Waals surface area contributed by atoms with Crippen LogP contribution in [0.15, 0.2) is 0 Å². The van der Waals surface area contributed by atoms with Crippen molar-refractivity contribution in [2.24, 2.45) is 5.92 Å². The van der Waals surface area contributed by atoms with Crippen molar-refractivity contribution in [1.29, 1.82) is 0 Å². The van der Waals surface area contributed by atoms with Crippen molar-refractivity contribution >= 4 is 11.8 Å². The summed E-state index contributed by atoms with van der Waals surface area (Å²) in [4.78, 5) is 0. The highest BCUT2D eigenvalue weighted by Crippen LogP contribution is 2.33. The van der Waals surface area contributed by atoms with E-state index in [0.29, 0.717) is 0 Å². The molecule has 106 valence electrons. The molecular weight excluding hydrogens is 238 g/mol. The smallest absolute Gasteiger partial charge is 0.0201 e. The quantitative estimate of drug-likeness (QED) is 0.755. The van der Waals surface area contributed by atoms with Crippen molar-refractivity contribution in [3.8, 4) is 0 Å². The number of thioether (sulfide) groups is 1. The predicted octanol–water partition coefficient (Wildman–Crippen LogP) is 4.61. The van der Waals surface area contributed by atoms with Gasteiger partial charge in [-0.15, -0.1) is 0 Å². The molecule has 0 radical (unpaired) electrons. The summed E-state index contributed by atoms with van der Waals surface area (Å²) in [5.74, 6) is 2.43. The summed E-state index contributed by atoms with van der Waals surface area (Å²) in [7, 11) is 0. The molecule has 2 atom stereocenters. The van der Waals surface area contributed by atoms with Gasteiger partial charge in [0.2, 0.25) is 0 Å². The SMILES string of the molecule is CCCNC(CC1CCCCC1)C1CCCCS1. The predicted molar refractivity (Wildman–Crippen MR) is 83.4 cm³/mol. The summed E-state index contributed by atoms with van der Waals surface area (Å²) in [5.41, 5.74) is 0. The lowest BCUT2D eigenvalue weighted by Gasteiger charge is -2.34. The maximum atomic E-state index is 3.87. The van der Waals surface area contributed by atoms with Crippen molar-refractivity contribution < 1.29 is 0 Å². The van der Waals surface area contributed by atoms with Gasteiger partial charge in [-0.2, -0.15) is 11.8 Å². The first-order valence-corrected chi connectivity index (χ1v) is 9.30. The monoisotopic (exact) mass is 269 g/mol. The van der Waals surface area contributed by atoms with Gasteiger partial charge in [-0.05, 0) is 43.9 Å². The van der Waals surface area contributed by atoms with E-state index >= 15 is 0 Å². The number of nitrogens with one attached hydrogen (secondary N) is 1. The van der Waals surface area contributed by atoms with Gasteiger partial charge in [0.05, 0.1) is 0 Å². The zero-order chi connectivity index (χ0) is 12.6. The second kappa shape index (κ2) is 8.47. The largest absolute Gasteiger partial charge is 0.313 e. The molecule has 1 N–H and O–H groups in total. The summed E-state index contributed by atoms with van der Waals surface area (Å²) >= 11 is 2.25. The summed E-state index contributed by atoms with van der Waals surface area (Å²) in [5, 5.41) is 4.78. The second-order valence-electron chi connectivity index (χ2n) is 6.21. The van der Waals surface area contributed by atoms with Crippen LogP contribution in [0.5, 0.6) is 0 Å². The van der Waals surface area contributed by atoms with Gasteiger partial charge in [-0.3, -0.25) is 0 Å². The van der Waals surface area contributed by atoms with E-state index in [1.807, 2.05) is 0 Å². The molecule has 1 aliphatic heterocycles. The van der Waals surface area contributed by atoms with Crippen molar-refractivity contribution in [1.82, 2.24) is 5.32 Å². The van der Waals surface area contributed by atoms with E-state index < -0.39 is 0 Å². The normalized spacial score (nSPS) is 28.2. The van der Waals surface area contributed by atoms with Crippen LogP contribution < -0.4 is 5.32 Å². The molecule has 2 fully saturated rings. The Bertz CT molecular complexity index is 207. The minimum absolute atomic E-state index is 0.804. The Hall–Kier alpha value is 0.310. The van der Waals surface area contributed by atoms with E-state index in [-0.39, 0.29) is 0 Å². The fourth-order valence-corrected chi connectivity index (χ4v) is 5.01. The van der Waals surface area contributed by atoms with Gasteiger partial charge in [0.1, 0.15) is 0 Å². The van der Waals surface area contributed by atoms with Gasteiger partial charge in [0.15, 0.2) is 0 Å². The summed E-state index contributed by atoms with van der Waals surface area (Å²) in [6, 6.07) is 0.804. The Morgan fingerprint density at radius 1 is 1.06 bits per heavy atom. The molecule has 1 saturated heterocycles. The molecule has 0 aromatic heterocycles. The maximum Gasteiger partial charge on any atom is 0.0201 e. The van der Waals surface area contributed by atoms with Crippen molar-refractivity contribution in [3.05, 3.63) is 0 Å². The fraction of sp³-hybridized carbons (Fsp3) is 1.00. The van der Waals surface area contributed by atoms with Crippen LogP contribution >= 0.6 is 11.8 Å². The van der Waals surface area contributed by atoms with Crippen molar-refractivity contribution in [2.75, 3.05) is 12.3 Å². The van der Waals surface area contributed by atoms with E-state index in [1.165, 1.54) is 76.5 Å². The Morgan fingerprint density at radius 3 is 2.50 bits per heavy atom. The average Bonchev–Trinajstić information content (AvgIpc) is 2.45. The molecule has 2 unspecified atom stereocenters. The number of hydrogen-bond acceptors (Lipinski definition) is 2. The zero-order valence-electron chi connectivity index (χ0n) is 12.1. The van der Waals surface area contributed by atoms with E-state index in [0.717, 1.165) is 17.2 Å². The second-order valence-corrected chi connectivity index (χ2v) is 7.55. The fourth-order valence-electron chi connectivity index (χ4n) is 3.56. The highest BCUT2D eigenvalue weighted by molar-refractivity contribution is 8.00. The lowest BCUT2D eigenvalue weighted by Crippen LogP contribution is -2.41. The number of rotatable bonds is 6. The molecule has 0 amide bonds. The maximum absolute atomic E-state index is 3.87. The van der Waals surface area contributed by atoms with E-state index in [9.17, 15) is 0 Å². The third kappa shape index (κ3) is 4.77. The van der Waals surface area contributed by atoms with Crippen LogP contribution in [0, 0.1) is 5.92 Å². The lowest BCUT2D eigenvalue weighted by atomic mass is 9.83. The third-order valence-electron chi connectivity index (χ3n) is 4.63. The summed E-state index contributed by atoms with van der Waals surface area (Å²) in [6.07, 6.45) is 14.6. The van der Waals surface area contributed by atoms with E-state index in [1.54, 1.807) is 0 Å². The molecule has 1 nitrogen and oxygen atoms in total. The molecule has 0 aromatic carbocycles. The molecule has 2 heteroatoms. The zero-order valence-corrected chi connectivity index (χ0v) is 12.9. The van der Waals surface area contributed by atoms with Gasteiger partial charge in [0.25, 0.3) is 0 Å². The molecule has 0 aromatic rings. The first kappa shape index (κ1) is 14.7. The molecule has 1 aliphatic carbocycles. The van der Waals surface area contributed by atoms with Crippen LogP contribution in [0.25, 0.3) is 0 Å². The van der Waals surface area contributed by atoms with Crippen molar-refractivity contribution in [2.45, 2.75) is 82.4 Å². The van der Waals surface area contributed by atoms with Gasteiger partial charge >= 0.3 is 0 Å². The first-order valence-electron chi connectivity index (χ1n) is 8.25. The third-order valence-corrected chi connectivity index (χ3v) is 6.15. The Morgan fingerprint density at radius 2 is 1.83 bits per heavy atom. The molecule has 0 spiro atoms. The van der Waals surface area contributed by atoms with Crippen LogP contribution in [-0.4, -0.2) is 23.6 Å². The van der Waals surface area contributed by atoms with Gasteiger partial charge in [-0.1, -0.05) is 45.4 Å². The molecule has 1 saturated carbocycles. The molecular formula is C16H31NS. The molecule has 2 aliphatic rings. The van der Waals surface area contributed by atoms with E-state index in [4.69, 9.17) is 0 Å². The Balaban J connectivity index is 1.82. The van der Waals surface area contributed by atoms with Gasteiger partial charge in [-0.25, -0.2) is 0 Å². The average molecular weight is 269 g/mol. The minimum atomic E-state index is 0.804. The van der Waals surface area contributed by atoms with Gasteiger partial charge in [0, 0.05) is 11.3 Å². The molecule has 18 heavy (non-hydrogen) atoms. The standard InChI is InChI=1S/C16H31NS/c1-2-11-17-15(16-10-6-7-12-18-16)13-14-8-4-3-5-9-14/h14-17H,2-13H2,1H3. The Labute approximate surface area is 118 Å². The van der Waals surface area contributed by atoms with Gasteiger partial charge < -0.3 is 5.32 Å². The first-order chi connectivity index (χ1) is 8.90. The molecule has 1 heterocycles. The minimum Gasteiger partial charge on any atom is -0.313 e. The van der Waals surface area contributed by atoms with Crippen LogP contribution in [0.1, 0.15) is 71.1 Å². The van der Waals surface area contributed by atoms with Crippen LogP contribution in [-0.2, 0) is 0 Å². The summed E-state index contributed by atoms with van der Waals surface area (Å²) in [6.45, 7) is 3.51. The van der Waals surface area contributed by atoms with Crippen molar-refractivity contribution in [3.63, 3.8) is 0 Å². The van der Waals surface area contributed by atoms with Crippen LogP contribution in [0.2, 0.25) is 0 Å². The molecule has 2 rings (SSSR count). The highest BCUT2D eigenvalue weighted by atomic mass is 32.2. The molecule has 0 bridgehead atoms.